The van der Waals surface area contributed by atoms with Crippen LogP contribution in [0.25, 0.3) is 0 Å². The summed E-state index contributed by atoms with van der Waals surface area (Å²) in [6.45, 7) is 10.9. The first-order valence-corrected chi connectivity index (χ1v) is 9.59. The van der Waals surface area contributed by atoms with Gasteiger partial charge in [0, 0.05) is 30.5 Å². The van der Waals surface area contributed by atoms with Crippen molar-refractivity contribution in [3.8, 4) is 0 Å². The quantitative estimate of drug-likeness (QED) is 0.843. The zero-order valence-corrected chi connectivity index (χ0v) is 16.0. The largest absolute Gasteiger partial charge is 0.356 e. The van der Waals surface area contributed by atoms with E-state index in [0.717, 1.165) is 43.4 Å². The fourth-order valence-electron chi connectivity index (χ4n) is 3.68. The zero-order chi connectivity index (χ0) is 17.8. The van der Waals surface area contributed by atoms with Gasteiger partial charge in [-0.05, 0) is 49.7 Å². The van der Waals surface area contributed by atoms with Gasteiger partial charge in [0.25, 0.3) is 0 Å². The van der Waals surface area contributed by atoms with Crippen LogP contribution in [0.1, 0.15) is 50.4 Å². The summed E-state index contributed by atoms with van der Waals surface area (Å²) in [5.74, 6) is 2.49. The van der Waals surface area contributed by atoms with E-state index in [4.69, 9.17) is 4.98 Å². The van der Waals surface area contributed by atoms with Crippen LogP contribution in [0.4, 0.5) is 17.5 Å². The molecule has 1 aromatic carbocycles. The summed E-state index contributed by atoms with van der Waals surface area (Å²) in [4.78, 5) is 11.9. The van der Waals surface area contributed by atoms with E-state index in [1.165, 1.54) is 29.7 Å². The fourth-order valence-corrected chi connectivity index (χ4v) is 3.68. The molecule has 1 aliphatic rings. The molecule has 0 bridgehead atoms. The molecule has 1 N–H and O–H groups in total. The normalized spacial score (nSPS) is 17.6. The minimum atomic E-state index is 0.712. The molecule has 0 aliphatic carbocycles. The Balaban J connectivity index is 1.91. The van der Waals surface area contributed by atoms with Crippen molar-refractivity contribution < 1.29 is 0 Å². The number of nitrogens with one attached hydrogen (secondary N) is 1. The van der Waals surface area contributed by atoms with Crippen LogP contribution in [0.5, 0.6) is 0 Å². The Labute approximate surface area is 151 Å². The molecule has 0 saturated carbocycles. The van der Waals surface area contributed by atoms with E-state index >= 15 is 0 Å². The van der Waals surface area contributed by atoms with E-state index in [1.54, 1.807) is 0 Å². The molecule has 0 amide bonds. The standard InChI is InChI=1S/C21H30N4/c1-5-17-10-7-11-18(6-2)20(17)24-21-22-16(4)13-19(23-21)25-12-8-9-15(3)14-25/h7,10-11,13,15H,5-6,8-9,12,14H2,1-4H3,(H,22,23,24). The number of aryl methyl sites for hydroxylation is 3. The molecular weight excluding hydrogens is 308 g/mol. The topological polar surface area (TPSA) is 41.1 Å². The molecule has 4 nitrogen and oxygen atoms in total. The highest BCUT2D eigenvalue weighted by atomic mass is 15.2. The van der Waals surface area contributed by atoms with E-state index in [-0.39, 0.29) is 0 Å². The van der Waals surface area contributed by atoms with Crippen molar-refractivity contribution in [2.75, 3.05) is 23.3 Å². The van der Waals surface area contributed by atoms with Gasteiger partial charge in [0.1, 0.15) is 5.82 Å². The van der Waals surface area contributed by atoms with Crippen molar-refractivity contribution in [2.45, 2.75) is 53.4 Å². The first-order chi connectivity index (χ1) is 12.1. The highest BCUT2D eigenvalue weighted by molar-refractivity contribution is 5.64. The van der Waals surface area contributed by atoms with Gasteiger partial charge in [0.2, 0.25) is 5.95 Å². The third-order valence-electron chi connectivity index (χ3n) is 5.06. The van der Waals surface area contributed by atoms with E-state index in [9.17, 15) is 0 Å². The van der Waals surface area contributed by atoms with Crippen molar-refractivity contribution in [1.82, 2.24) is 9.97 Å². The van der Waals surface area contributed by atoms with E-state index in [1.807, 2.05) is 0 Å². The van der Waals surface area contributed by atoms with Crippen molar-refractivity contribution in [2.24, 2.45) is 5.92 Å². The van der Waals surface area contributed by atoms with Crippen LogP contribution in [-0.4, -0.2) is 23.1 Å². The molecular formula is C21H30N4. The Morgan fingerprint density at radius 2 is 1.88 bits per heavy atom. The predicted octanol–water partition coefficient (Wildman–Crippen LogP) is 4.89. The number of aromatic nitrogens is 2. The van der Waals surface area contributed by atoms with E-state index in [0.29, 0.717) is 5.95 Å². The maximum Gasteiger partial charge on any atom is 0.229 e. The van der Waals surface area contributed by atoms with E-state index < -0.39 is 0 Å². The molecule has 1 saturated heterocycles. The summed E-state index contributed by atoms with van der Waals surface area (Å²) in [7, 11) is 0. The molecule has 1 aliphatic heterocycles. The fraction of sp³-hybridized carbons (Fsp3) is 0.524. The number of para-hydroxylation sites is 1. The smallest absolute Gasteiger partial charge is 0.229 e. The van der Waals surface area contributed by atoms with Gasteiger partial charge in [0.05, 0.1) is 0 Å². The highest BCUT2D eigenvalue weighted by Crippen LogP contribution is 2.27. The molecule has 0 spiro atoms. The van der Waals surface area contributed by atoms with Crippen LogP contribution < -0.4 is 10.2 Å². The molecule has 134 valence electrons. The molecule has 1 aromatic heterocycles. The first-order valence-electron chi connectivity index (χ1n) is 9.59. The lowest BCUT2D eigenvalue weighted by atomic mass is 10.0. The van der Waals surface area contributed by atoms with Crippen LogP contribution >= 0.6 is 0 Å². The number of piperidine rings is 1. The van der Waals surface area contributed by atoms with Gasteiger partial charge in [-0.25, -0.2) is 4.98 Å². The summed E-state index contributed by atoms with van der Waals surface area (Å²) in [6.07, 6.45) is 4.55. The van der Waals surface area contributed by atoms with Crippen molar-refractivity contribution >= 4 is 17.5 Å². The predicted molar refractivity (Wildman–Crippen MR) is 106 cm³/mol. The van der Waals surface area contributed by atoms with Gasteiger partial charge in [-0.3, -0.25) is 0 Å². The second kappa shape index (κ2) is 7.85. The molecule has 2 aromatic rings. The second-order valence-corrected chi connectivity index (χ2v) is 7.17. The maximum atomic E-state index is 4.84. The number of anilines is 3. The SMILES string of the molecule is CCc1cccc(CC)c1Nc1nc(C)cc(N2CCCC(C)C2)n1. The van der Waals surface area contributed by atoms with Crippen molar-refractivity contribution in [1.29, 1.82) is 0 Å². The summed E-state index contributed by atoms with van der Waals surface area (Å²) >= 11 is 0. The molecule has 1 atom stereocenters. The minimum absolute atomic E-state index is 0.712. The lowest BCUT2D eigenvalue weighted by Gasteiger charge is -2.32. The van der Waals surface area contributed by atoms with Gasteiger partial charge < -0.3 is 10.2 Å². The van der Waals surface area contributed by atoms with E-state index in [2.05, 4.69) is 67.2 Å². The molecule has 3 rings (SSSR count). The second-order valence-electron chi connectivity index (χ2n) is 7.17. The Morgan fingerprint density at radius 3 is 2.52 bits per heavy atom. The summed E-state index contributed by atoms with van der Waals surface area (Å²) in [5.41, 5.74) is 4.82. The summed E-state index contributed by atoms with van der Waals surface area (Å²) < 4.78 is 0. The van der Waals surface area contributed by atoms with Crippen molar-refractivity contribution in [3.63, 3.8) is 0 Å². The molecule has 1 fully saturated rings. The highest BCUT2D eigenvalue weighted by Gasteiger charge is 2.19. The average Bonchev–Trinajstić information content (AvgIpc) is 2.61. The molecule has 1 unspecified atom stereocenters. The van der Waals surface area contributed by atoms with Crippen LogP contribution in [0.3, 0.4) is 0 Å². The number of hydrogen-bond donors (Lipinski definition) is 1. The number of benzene rings is 1. The Morgan fingerprint density at radius 1 is 1.16 bits per heavy atom. The molecule has 4 heteroatoms. The molecule has 25 heavy (non-hydrogen) atoms. The van der Waals surface area contributed by atoms with Gasteiger partial charge >= 0.3 is 0 Å². The third-order valence-corrected chi connectivity index (χ3v) is 5.06. The van der Waals surface area contributed by atoms with Crippen molar-refractivity contribution in [3.05, 3.63) is 41.1 Å². The maximum absolute atomic E-state index is 4.84. The van der Waals surface area contributed by atoms with Crippen LogP contribution in [-0.2, 0) is 12.8 Å². The Bertz CT molecular complexity index is 704. The minimum Gasteiger partial charge on any atom is -0.356 e. The monoisotopic (exact) mass is 338 g/mol. The number of nitrogens with zero attached hydrogens (tertiary/aromatic N) is 3. The zero-order valence-electron chi connectivity index (χ0n) is 16.0. The molecule has 0 radical (unpaired) electrons. The van der Waals surface area contributed by atoms with Gasteiger partial charge in [-0.1, -0.05) is 39.0 Å². The average molecular weight is 338 g/mol. The third kappa shape index (κ3) is 4.12. The number of hydrogen-bond acceptors (Lipinski definition) is 4. The first kappa shape index (κ1) is 17.7. The Hall–Kier alpha value is -2.10. The van der Waals surface area contributed by atoms with Crippen LogP contribution in [0, 0.1) is 12.8 Å². The van der Waals surface area contributed by atoms with Crippen LogP contribution in [0.15, 0.2) is 24.3 Å². The van der Waals surface area contributed by atoms with Gasteiger partial charge in [0.15, 0.2) is 0 Å². The van der Waals surface area contributed by atoms with Gasteiger partial charge in [-0.2, -0.15) is 4.98 Å². The summed E-state index contributed by atoms with van der Waals surface area (Å²) in [6, 6.07) is 8.62. The molecule has 2 heterocycles. The van der Waals surface area contributed by atoms with Gasteiger partial charge in [-0.15, -0.1) is 0 Å². The number of rotatable bonds is 5. The lowest BCUT2D eigenvalue weighted by molar-refractivity contribution is 0.444. The Kier molecular flexibility index (Phi) is 5.57. The summed E-state index contributed by atoms with van der Waals surface area (Å²) in [5, 5.41) is 3.53. The lowest BCUT2D eigenvalue weighted by Crippen LogP contribution is -2.35. The van der Waals surface area contributed by atoms with Crippen LogP contribution in [0.2, 0.25) is 0 Å².